The normalized spacial score (nSPS) is 10.9. The maximum absolute atomic E-state index is 13.3. The Morgan fingerprint density at radius 3 is 2.61 bits per heavy atom. The lowest BCUT2D eigenvalue weighted by molar-refractivity contribution is 0.414. The van der Waals surface area contributed by atoms with Crippen LogP contribution in [0.1, 0.15) is 11.1 Å². The molecule has 0 saturated heterocycles. The molecule has 4 nitrogen and oxygen atoms in total. The highest BCUT2D eigenvalue weighted by molar-refractivity contribution is 7.98. The SMILES string of the molecule is COc1cccc(-n2c(SCc3ccccc3C)nc3ccccc3c2=O)c1. The number of methoxy groups -OCH3 is 1. The van der Waals surface area contributed by atoms with E-state index in [0.29, 0.717) is 21.8 Å². The molecule has 1 heterocycles. The standard InChI is InChI=1S/C23H20N2O2S/c1-16-8-3-4-9-17(16)15-28-23-24-21-13-6-5-12-20(21)22(26)25(23)18-10-7-11-19(14-18)27-2/h3-14H,15H2,1-2H3. The zero-order chi connectivity index (χ0) is 19.5. The van der Waals surface area contributed by atoms with Gasteiger partial charge in [-0.05, 0) is 42.3 Å². The number of aromatic nitrogens is 2. The van der Waals surface area contributed by atoms with Crippen LogP contribution in [0.2, 0.25) is 0 Å². The van der Waals surface area contributed by atoms with E-state index < -0.39 is 0 Å². The Bertz CT molecular complexity index is 1200. The number of nitrogens with zero attached hydrogens (tertiary/aromatic N) is 2. The summed E-state index contributed by atoms with van der Waals surface area (Å²) in [7, 11) is 1.62. The molecule has 0 aliphatic carbocycles. The zero-order valence-electron chi connectivity index (χ0n) is 15.8. The van der Waals surface area contributed by atoms with Crippen LogP contribution in [-0.2, 0) is 5.75 Å². The van der Waals surface area contributed by atoms with Crippen molar-refractivity contribution in [1.82, 2.24) is 9.55 Å². The Labute approximate surface area is 167 Å². The second-order valence-electron chi connectivity index (χ2n) is 6.47. The highest BCUT2D eigenvalue weighted by Crippen LogP contribution is 2.27. The van der Waals surface area contributed by atoms with Crippen LogP contribution in [0.5, 0.6) is 5.75 Å². The third-order valence-corrected chi connectivity index (χ3v) is 5.66. The first-order valence-electron chi connectivity index (χ1n) is 9.01. The van der Waals surface area contributed by atoms with Gasteiger partial charge in [-0.25, -0.2) is 4.98 Å². The summed E-state index contributed by atoms with van der Waals surface area (Å²) in [6.07, 6.45) is 0. The molecule has 0 radical (unpaired) electrons. The van der Waals surface area contributed by atoms with Gasteiger partial charge in [-0.15, -0.1) is 0 Å². The first-order chi connectivity index (χ1) is 13.7. The van der Waals surface area contributed by atoms with E-state index in [9.17, 15) is 4.79 Å². The lowest BCUT2D eigenvalue weighted by atomic mass is 10.1. The molecule has 0 aliphatic heterocycles. The van der Waals surface area contributed by atoms with Gasteiger partial charge in [0, 0.05) is 11.8 Å². The van der Waals surface area contributed by atoms with Gasteiger partial charge in [-0.3, -0.25) is 9.36 Å². The number of ether oxygens (including phenoxy) is 1. The quantitative estimate of drug-likeness (QED) is 0.357. The van der Waals surface area contributed by atoms with Crippen molar-refractivity contribution in [3.63, 3.8) is 0 Å². The molecule has 1 aromatic heterocycles. The van der Waals surface area contributed by atoms with Gasteiger partial charge in [-0.1, -0.05) is 54.2 Å². The second kappa shape index (κ2) is 7.90. The third-order valence-electron chi connectivity index (χ3n) is 4.67. The number of thioether (sulfide) groups is 1. The molecule has 140 valence electrons. The lowest BCUT2D eigenvalue weighted by Gasteiger charge is -2.14. The molecule has 0 bridgehead atoms. The van der Waals surface area contributed by atoms with E-state index in [1.165, 1.54) is 11.1 Å². The van der Waals surface area contributed by atoms with Crippen molar-refractivity contribution < 1.29 is 4.74 Å². The van der Waals surface area contributed by atoms with E-state index in [1.807, 2.05) is 60.7 Å². The molecule has 0 amide bonds. The van der Waals surface area contributed by atoms with Crippen molar-refractivity contribution in [2.45, 2.75) is 17.8 Å². The Morgan fingerprint density at radius 1 is 1.00 bits per heavy atom. The highest BCUT2D eigenvalue weighted by Gasteiger charge is 2.14. The number of fused-ring (bicyclic) bond motifs is 1. The minimum atomic E-state index is -0.0777. The van der Waals surface area contributed by atoms with Crippen LogP contribution >= 0.6 is 11.8 Å². The number of para-hydroxylation sites is 1. The van der Waals surface area contributed by atoms with E-state index >= 15 is 0 Å². The molecule has 28 heavy (non-hydrogen) atoms. The molecule has 0 aliphatic rings. The van der Waals surface area contributed by atoms with Gasteiger partial charge < -0.3 is 4.74 Å². The fourth-order valence-electron chi connectivity index (χ4n) is 3.10. The largest absolute Gasteiger partial charge is 0.497 e. The molecular formula is C23H20N2O2S. The van der Waals surface area contributed by atoms with E-state index in [4.69, 9.17) is 9.72 Å². The molecule has 4 aromatic rings. The van der Waals surface area contributed by atoms with Crippen molar-refractivity contribution in [1.29, 1.82) is 0 Å². The Kier molecular flexibility index (Phi) is 5.17. The van der Waals surface area contributed by atoms with Gasteiger partial charge in [-0.2, -0.15) is 0 Å². The Hall–Kier alpha value is -3.05. The molecule has 0 spiro atoms. The summed E-state index contributed by atoms with van der Waals surface area (Å²) in [5.41, 5.74) is 3.83. The molecule has 0 unspecified atom stereocenters. The summed E-state index contributed by atoms with van der Waals surface area (Å²) in [6, 6.07) is 23.2. The van der Waals surface area contributed by atoms with Gasteiger partial charge in [0.15, 0.2) is 5.16 Å². The molecular weight excluding hydrogens is 368 g/mol. The van der Waals surface area contributed by atoms with Crippen molar-refractivity contribution in [3.8, 4) is 11.4 Å². The minimum Gasteiger partial charge on any atom is -0.497 e. The lowest BCUT2D eigenvalue weighted by Crippen LogP contribution is -2.21. The van der Waals surface area contributed by atoms with Crippen LogP contribution in [0, 0.1) is 6.92 Å². The fourth-order valence-corrected chi connectivity index (χ4v) is 4.19. The van der Waals surface area contributed by atoms with Crippen LogP contribution in [-0.4, -0.2) is 16.7 Å². The van der Waals surface area contributed by atoms with E-state index in [0.717, 1.165) is 11.4 Å². The van der Waals surface area contributed by atoms with Crippen LogP contribution in [0.4, 0.5) is 0 Å². The molecule has 3 aromatic carbocycles. The van der Waals surface area contributed by atoms with Gasteiger partial charge in [0.2, 0.25) is 0 Å². The number of rotatable bonds is 5. The van der Waals surface area contributed by atoms with Gasteiger partial charge in [0.1, 0.15) is 5.75 Å². The number of hydrogen-bond donors (Lipinski definition) is 0. The number of benzene rings is 3. The fraction of sp³-hybridized carbons (Fsp3) is 0.130. The average Bonchev–Trinajstić information content (AvgIpc) is 2.73. The van der Waals surface area contributed by atoms with Crippen molar-refractivity contribution in [2.24, 2.45) is 0 Å². The molecule has 4 rings (SSSR count). The van der Waals surface area contributed by atoms with Crippen LogP contribution in [0.15, 0.2) is 82.7 Å². The van der Waals surface area contributed by atoms with E-state index in [1.54, 1.807) is 23.4 Å². The molecule has 0 atom stereocenters. The first kappa shape index (κ1) is 18.3. The summed E-state index contributed by atoms with van der Waals surface area (Å²) < 4.78 is 7.02. The summed E-state index contributed by atoms with van der Waals surface area (Å²) in [5.74, 6) is 1.44. The topological polar surface area (TPSA) is 44.1 Å². The number of hydrogen-bond acceptors (Lipinski definition) is 4. The van der Waals surface area contributed by atoms with Crippen LogP contribution < -0.4 is 10.3 Å². The summed E-state index contributed by atoms with van der Waals surface area (Å²) >= 11 is 1.56. The molecule has 5 heteroatoms. The van der Waals surface area contributed by atoms with Crippen molar-refractivity contribution >= 4 is 22.7 Å². The molecule has 0 N–H and O–H groups in total. The predicted octanol–water partition coefficient (Wildman–Crippen LogP) is 5.00. The van der Waals surface area contributed by atoms with Crippen molar-refractivity contribution in [2.75, 3.05) is 7.11 Å². The average molecular weight is 388 g/mol. The Balaban J connectivity index is 1.86. The maximum Gasteiger partial charge on any atom is 0.266 e. The minimum absolute atomic E-state index is 0.0777. The Morgan fingerprint density at radius 2 is 1.79 bits per heavy atom. The molecule has 0 fully saturated rings. The van der Waals surface area contributed by atoms with Crippen LogP contribution in [0.25, 0.3) is 16.6 Å². The summed E-state index contributed by atoms with van der Waals surface area (Å²) in [5, 5.41) is 1.27. The monoisotopic (exact) mass is 388 g/mol. The third kappa shape index (κ3) is 3.53. The van der Waals surface area contributed by atoms with E-state index in [-0.39, 0.29) is 5.56 Å². The first-order valence-corrected chi connectivity index (χ1v) is 9.99. The predicted molar refractivity (Wildman–Crippen MR) is 115 cm³/mol. The highest BCUT2D eigenvalue weighted by atomic mass is 32.2. The van der Waals surface area contributed by atoms with E-state index in [2.05, 4.69) is 19.1 Å². The smallest absolute Gasteiger partial charge is 0.266 e. The van der Waals surface area contributed by atoms with Gasteiger partial charge in [0.05, 0.1) is 23.7 Å². The molecule has 0 saturated carbocycles. The summed E-state index contributed by atoms with van der Waals surface area (Å²) in [4.78, 5) is 18.1. The van der Waals surface area contributed by atoms with Gasteiger partial charge >= 0.3 is 0 Å². The van der Waals surface area contributed by atoms with Crippen LogP contribution in [0.3, 0.4) is 0 Å². The maximum atomic E-state index is 13.3. The zero-order valence-corrected chi connectivity index (χ0v) is 16.6. The second-order valence-corrected chi connectivity index (χ2v) is 7.41. The number of aryl methyl sites for hydroxylation is 1. The van der Waals surface area contributed by atoms with Gasteiger partial charge in [0.25, 0.3) is 5.56 Å². The summed E-state index contributed by atoms with van der Waals surface area (Å²) in [6.45, 7) is 2.10. The van der Waals surface area contributed by atoms with Crippen molar-refractivity contribution in [3.05, 3.63) is 94.3 Å².